The van der Waals surface area contributed by atoms with Crippen molar-refractivity contribution in [1.82, 2.24) is 14.7 Å². The van der Waals surface area contributed by atoms with Crippen LogP contribution < -0.4 is 4.74 Å². The van der Waals surface area contributed by atoms with Crippen LogP contribution in [0.25, 0.3) is 0 Å². The minimum absolute atomic E-state index is 0.0147. The number of carbonyl (C=O) groups is 2. The molecule has 2 atom stereocenters. The summed E-state index contributed by atoms with van der Waals surface area (Å²) in [7, 11) is 1.60. The number of thiophene rings is 1. The van der Waals surface area contributed by atoms with Crippen LogP contribution >= 0.6 is 11.3 Å². The topological polar surface area (TPSA) is 53.1 Å². The molecule has 7 heteroatoms. The summed E-state index contributed by atoms with van der Waals surface area (Å²) in [4.78, 5) is 34.0. The molecule has 3 heterocycles. The van der Waals surface area contributed by atoms with Crippen molar-refractivity contribution < 1.29 is 14.3 Å². The zero-order valence-corrected chi connectivity index (χ0v) is 21.7. The Hall–Kier alpha value is -3.16. The summed E-state index contributed by atoms with van der Waals surface area (Å²) < 4.78 is 5.27. The number of rotatable bonds is 6. The molecule has 2 amide bonds. The van der Waals surface area contributed by atoms with E-state index < -0.39 is 0 Å². The van der Waals surface area contributed by atoms with Crippen LogP contribution in [0.4, 0.5) is 0 Å². The molecule has 5 rings (SSSR count). The number of amides is 2. The Bertz CT molecular complexity index is 1210. The predicted molar refractivity (Wildman–Crippen MR) is 143 cm³/mol. The number of hydrogen-bond donors (Lipinski definition) is 0. The highest BCUT2D eigenvalue weighted by Gasteiger charge is 2.32. The standard InChI is InChI=1S/C29H33N3O3S/c1-21-20-31(16-17-32(21)29(34)23-9-6-10-24(19-23)35-2)27(33)12-15-30-14-11-26-25(13-18-36-26)28(30)22-7-4-3-5-8-22/h3-10,13,18-19,21,28H,11-12,14-17,20H2,1-2H3/t21-,28-/m0/s1. The van der Waals surface area contributed by atoms with Gasteiger partial charge in [-0.2, -0.15) is 0 Å². The Morgan fingerprint density at radius 2 is 1.86 bits per heavy atom. The molecule has 0 aliphatic carbocycles. The largest absolute Gasteiger partial charge is 0.497 e. The Kier molecular flexibility index (Phi) is 7.39. The Balaban J connectivity index is 1.20. The highest BCUT2D eigenvalue weighted by atomic mass is 32.1. The van der Waals surface area contributed by atoms with Gasteiger partial charge in [0.25, 0.3) is 5.91 Å². The van der Waals surface area contributed by atoms with E-state index in [9.17, 15) is 9.59 Å². The summed E-state index contributed by atoms with van der Waals surface area (Å²) >= 11 is 1.83. The molecular weight excluding hydrogens is 470 g/mol. The van der Waals surface area contributed by atoms with Crippen molar-refractivity contribution in [2.75, 3.05) is 39.8 Å². The first-order valence-electron chi connectivity index (χ1n) is 12.6. The Labute approximate surface area is 217 Å². The highest BCUT2D eigenvalue weighted by Crippen LogP contribution is 2.37. The average molecular weight is 504 g/mol. The first-order valence-corrected chi connectivity index (χ1v) is 13.5. The zero-order chi connectivity index (χ0) is 25.1. The number of ether oxygens (including phenoxy) is 1. The lowest BCUT2D eigenvalue weighted by atomic mass is 9.93. The minimum Gasteiger partial charge on any atom is -0.497 e. The molecule has 0 spiro atoms. The van der Waals surface area contributed by atoms with Crippen molar-refractivity contribution in [1.29, 1.82) is 0 Å². The SMILES string of the molecule is COc1cccc(C(=O)N2CCN(C(=O)CCN3CCc4sccc4[C@@H]3c3ccccc3)C[C@@H]2C)c1. The zero-order valence-electron chi connectivity index (χ0n) is 20.9. The van der Waals surface area contributed by atoms with Gasteiger partial charge in [-0.1, -0.05) is 36.4 Å². The van der Waals surface area contributed by atoms with Crippen LogP contribution in [0.2, 0.25) is 0 Å². The van der Waals surface area contributed by atoms with Crippen molar-refractivity contribution in [2.24, 2.45) is 0 Å². The molecule has 1 fully saturated rings. The molecule has 2 aromatic carbocycles. The maximum absolute atomic E-state index is 13.2. The van der Waals surface area contributed by atoms with E-state index in [2.05, 4.69) is 46.7 Å². The molecule has 188 valence electrons. The van der Waals surface area contributed by atoms with Crippen molar-refractivity contribution in [3.05, 3.63) is 87.6 Å². The third-order valence-electron chi connectivity index (χ3n) is 7.35. The van der Waals surface area contributed by atoms with Crippen molar-refractivity contribution in [2.45, 2.75) is 31.8 Å². The van der Waals surface area contributed by atoms with Gasteiger partial charge in [0, 0.05) is 55.6 Å². The van der Waals surface area contributed by atoms with E-state index in [1.807, 2.05) is 46.3 Å². The minimum atomic E-state index is -0.0400. The van der Waals surface area contributed by atoms with Crippen LogP contribution in [0.1, 0.15) is 45.7 Å². The van der Waals surface area contributed by atoms with E-state index in [4.69, 9.17) is 4.74 Å². The molecular formula is C29H33N3O3S. The summed E-state index contributed by atoms with van der Waals surface area (Å²) in [5.41, 5.74) is 3.27. The summed E-state index contributed by atoms with van der Waals surface area (Å²) in [6.45, 7) is 5.37. The normalized spacial score (nSPS) is 20.2. The van der Waals surface area contributed by atoms with Gasteiger partial charge >= 0.3 is 0 Å². The van der Waals surface area contributed by atoms with E-state index in [0.29, 0.717) is 37.4 Å². The maximum Gasteiger partial charge on any atom is 0.254 e. The van der Waals surface area contributed by atoms with Crippen LogP contribution in [0, 0.1) is 0 Å². The fourth-order valence-electron chi connectivity index (χ4n) is 5.44. The lowest BCUT2D eigenvalue weighted by molar-refractivity contribution is -0.134. The molecule has 0 N–H and O–H groups in total. The molecule has 36 heavy (non-hydrogen) atoms. The van der Waals surface area contributed by atoms with Crippen molar-refractivity contribution in [3.63, 3.8) is 0 Å². The number of carbonyl (C=O) groups excluding carboxylic acids is 2. The van der Waals surface area contributed by atoms with E-state index in [0.717, 1.165) is 19.5 Å². The second kappa shape index (κ2) is 10.8. The first-order chi connectivity index (χ1) is 17.5. The van der Waals surface area contributed by atoms with Crippen LogP contribution in [-0.2, 0) is 11.2 Å². The lowest BCUT2D eigenvalue weighted by Crippen LogP contribution is -2.55. The van der Waals surface area contributed by atoms with Gasteiger partial charge < -0.3 is 14.5 Å². The second-order valence-corrected chi connectivity index (χ2v) is 10.6. The molecule has 0 radical (unpaired) electrons. The molecule has 6 nitrogen and oxygen atoms in total. The third kappa shape index (κ3) is 5.04. The monoisotopic (exact) mass is 503 g/mol. The molecule has 0 unspecified atom stereocenters. The predicted octanol–water partition coefficient (Wildman–Crippen LogP) is 4.47. The van der Waals surface area contributed by atoms with Crippen LogP contribution in [0.3, 0.4) is 0 Å². The van der Waals surface area contributed by atoms with Gasteiger partial charge in [0.2, 0.25) is 5.91 Å². The van der Waals surface area contributed by atoms with E-state index in [1.165, 1.54) is 16.0 Å². The molecule has 0 saturated carbocycles. The summed E-state index contributed by atoms with van der Waals surface area (Å²) in [5.74, 6) is 0.820. The Morgan fingerprint density at radius 1 is 1.03 bits per heavy atom. The quantitative estimate of drug-likeness (QED) is 0.498. The van der Waals surface area contributed by atoms with Gasteiger partial charge in [-0.05, 0) is 54.1 Å². The summed E-state index contributed by atoms with van der Waals surface area (Å²) in [6.07, 6.45) is 1.52. The van der Waals surface area contributed by atoms with Gasteiger partial charge in [0.15, 0.2) is 0 Å². The number of fused-ring (bicyclic) bond motifs is 1. The number of nitrogens with zero attached hydrogens (tertiary/aromatic N) is 3. The second-order valence-electron chi connectivity index (χ2n) is 9.57. The van der Waals surface area contributed by atoms with Crippen LogP contribution in [-0.4, -0.2) is 72.4 Å². The Morgan fingerprint density at radius 3 is 2.64 bits per heavy atom. The number of benzene rings is 2. The molecule has 0 bridgehead atoms. The van der Waals surface area contributed by atoms with Crippen molar-refractivity contribution in [3.8, 4) is 5.75 Å². The van der Waals surface area contributed by atoms with Gasteiger partial charge in [-0.3, -0.25) is 14.5 Å². The van der Waals surface area contributed by atoms with Crippen molar-refractivity contribution >= 4 is 23.2 Å². The number of hydrogen-bond acceptors (Lipinski definition) is 5. The van der Waals surface area contributed by atoms with Gasteiger partial charge in [0.05, 0.1) is 13.2 Å². The van der Waals surface area contributed by atoms with Crippen LogP contribution in [0.15, 0.2) is 66.0 Å². The average Bonchev–Trinajstić information content (AvgIpc) is 3.40. The molecule has 3 aromatic rings. The molecule has 2 aliphatic heterocycles. The van der Waals surface area contributed by atoms with E-state index in [-0.39, 0.29) is 23.9 Å². The summed E-state index contributed by atoms with van der Waals surface area (Å²) in [5, 5.41) is 2.18. The maximum atomic E-state index is 13.2. The highest BCUT2D eigenvalue weighted by molar-refractivity contribution is 7.10. The van der Waals surface area contributed by atoms with E-state index >= 15 is 0 Å². The van der Waals surface area contributed by atoms with Crippen LogP contribution in [0.5, 0.6) is 5.75 Å². The fraction of sp³-hybridized carbons (Fsp3) is 0.379. The molecule has 1 aromatic heterocycles. The lowest BCUT2D eigenvalue weighted by Gasteiger charge is -2.41. The smallest absolute Gasteiger partial charge is 0.254 e. The molecule has 2 aliphatic rings. The number of piperazine rings is 1. The first kappa shape index (κ1) is 24.5. The van der Waals surface area contributed by atoms with E-state index in [1.54, 1.807) is 13.2 Å². The number of methoxy groups -OCH3 is 1. The summed E-state index contributed by atoms with van der Waals surface area (Å²) in [6, 6.07) is 20.3. The third-order valence-corrected chi connectivity index (χ3v) is 8.35. The van der Waals surface area contributed by atoms with Gasteiger partial charge in [-0.25, -0.2) is 0 Å². The van der Waals surface area contributed by atoms with Gasteiger partial charge in [0.1, 0.15) is 5.75 Å². The molecule has 1 saturated heterocycles. The van der Waals surface area contributed by atoms with Gasteiger partial charge in [-0.15, -0.1) is 11.3 Å². The fourth-order valence-corrected chi connectivity index (χ4v) is 6.34.